The van der Waals surface area contributed by atoms with Crippen molar-refractivity contribution in [3.05, 3.63) is 40.3 Å². The van der Waals surface area contributed by atoms with Crippen LogP contribution in [0.3, 0.4) is 0 Å². The van der Waals surface area contributed by atoms with Crippen molar-refractivity contribution in [2.24, 2.45) is 5.92 Å². The maximum absolute atomic E-state index is 13.4. The van der Waals surface area contributed by atoms with Gasteiger partial charge in [-0.05, 0) is 68.2 Å². The molecule has 2 unspecified atom stereocenters. The van der Waals surface area contributed by atoms with Gasteiger partial charge in [0.15, 0.2) is 0 Å². The lowest BCUT2D eigenvalue weighted by molar-refractivity contribution is -0.137. The molecule has 0 aromatic heterocycles. The molecule has 1 aliphatic heterocycles. The lowest BCUT2D eigenvalue weighted by Gasteiger charge is -2.44. The van der Waals surface area contributed by atoms with Gasteiger partial charge in [0.05, 0.1) is 10.5 Å². The van der Waals surface area contributed by atoms with Gasteiger partial charge in [-0.1, -0.05) is 31.9 Å². The maximum Gasteiger partial charge on any atom is 0.416 e. The van der Waals surface area contributed by atoms with Crippen LogP contribution < -0.4 is 5.32 Å². The molecule has 3 aliphatic rings. The number of benzene rings is 1. The van der Waals surface area contributed by atoms with Crippen LogP contribution in [0.25, 0.3) is 6.08 Å². The molecule has 1 heterocycles. The van der Waals surface area contributed by atoms with E-state index in [0.29, 0.717) is 16.4 Å². The molecule has 2 amide bonds. The first-order valence-electron chi connectivity index (χ1n) is 11.9. The molecule has 4 nitrogen and oxygen atoms in total. The highest BCUT2D eigenvalue weighted by molar-refractivity contribution is 8.04. The van der Waals surface area contributed by atoms with Gasteiger partial charge < -0.3 is 10.2 Å². The number of thioether (sulfide) groups is 1. The number of halogens is 3. The largest absolute Gasteiger partial charge is 0.416 e. The van der Waals surface area contributed by atoms with Gasteiger partial charge in [0.2, 0.25) is 5.91 Å². The zero-order valence-corrected chi connectivity index (χ0v) is 19.7. The molecule has 4 rings (SSSR count). The quantitative estimate of drug-likeness (QED) is 0.569. The van der Waals surface area contributed by atoms with E-state index in [1.807, 2.05) is 0 Å². The zero-order chi connectivity index (χ0) is 23.6. The third-order valence-electron chi connectivity index (χ3n) is 7.05. The highest BCUT2D eigenvalue weighted by Gasteiger charge is 2.41. The maximum atomic E-state index is 13.4. The van der Waals surface area contributed by atoms with Crippen LogP contribution in [0.1, 0.15) is 69.4 Å². The number of carbonyl (C=O) groups excluding carboxylic acids is 2. The smallest absolute Gasteiger partial charge is 0.352 e. The van der Waals surface area contributed by atoms with Gasteiger partial charge in [-0.3, -0.25) is 9.59 Å². The van der Waals surface area contributed by atoms with Gasteiger partial charge in [-0.2, -0.15) is 13.2 Å². The first-order valence-corrected chi connectivity index (χ1v) is 12.7. The van der Waals surface area contributed by atoms with Crippen LogP contribution in [0, 0.1) is 5.92 Å². The molecule has 3 fully saturated rings. The summed E-state index contributed by atoms with van der Waals surface area (Å²) in [4.78, 5) is 28.4. The summed E-state index contributed by atoms with van der Waals surface area (Å²) in [5, 5.41) is 3.33. The van der Waals surface area contributed by atoms with Crippen LogP contribution in [0.15, 0.2) is 29.2 Å². The topological polar surface area (TPSA) is 49.4 Å². The summed E-state index contributed by atoms with van der Waals surface area (Å²) in [7, 11) is 0. The van der Waals surface area contributed by atoms with E-state index < -0.39 is 11.7 Å². The molecule has 0 bridgehead atoms. The average Bonchev–Trinajstić information content (AvgIpc) is 2.78. The van der Waals surface area contributed by atoms with Crippen LogP contribution in [-0.4, -0.2) is 40.6 Å². The van der Waals surface area contributed by atoms with Crippen molar-refractivity contribution in [1.29, 1.82) is 0 Å². The van der Waals surface area contributed by atoms with Gasteiger partial charge in [0.1, 0.15) is 6.54 Å². The first kappa shape index (κ1) is 24.2. The van der Waals surface area contributed by atoms with Crippen molar-refractivity contribution in [2.75, 3.05) is 6.54 Å². The molecule has 1 aromatic carbocycles. The zero-order valence-electron chi connectivity index (χ0n) is 18.9. The van der Waals surface area contributed by atoms with Crippen LogP contribution in [0.5, 0.6) is 0 Å². The Labute approximate surface area is 197 Å². The molecule has 2 aliphatic carbocycles. The minimum atomic E-state index is -4.39. The number of fused-ring (bicyclic) bond motifs is 1. The van der Waals surface area contributed by atoms with E-state index >= 15 is 0 Å². The molecule has 8 heteroatoms. The number of nitrogens with one attached hydrogen (secondary N) is 1. The normalized spacial score (nSPS) is 29.6. The molecular formula is C25H31F3N2O2S. The van der Waals surface area contributed by atoms with Crippen LogP contribution in [0.2, 0.25) is 0 Å². The van der Waals surface area contributed by atoms with Gasteiger partial charge in [-0.15, -0.1) is 11.8 Å². The van der Waals surface area contributed by atoms with Crippen LogP contribution in [-0.2, 0) is 15.8 Å². The molecule has 33 heavy (non-hydrogen) atoms. The SMILES string of the molecule is CC1CCC(NC(=O)CN2C(=O)/C(=C\c3ccc(C(F)(F)F)cc3)SC3CCCCC32)CC1. The molecule has 2 saturated carbocycles. The van der Waals surface area contributed by atoms with Crippen molar-refractivity contribution in [1.82, 2.24) is 10.2 Å². The summed E-state index contributed by atoms with van der Waals surface area (Å²) in [5.74, 6) is 0.378. The standard InChI is InChI=1S/C25H31F3N2O2S/c1-16-6-12-19(13-7-16)29-23(31)15-30-20-4-2-3-5-21(20)33-22(24(30)32)14-17-8-10-18(11-9-17)25(26,27)28/h8-11,14,16,19-21H,2-7,12-13,15H2,1H3,(H,29,31)/b22-14+. The molecule has 1 saturated heterocycles. The van der Waals surface area contributed by atoms with Crippen LogP contribution in [0.4, 0.5) is 13.2 Å². The minimum absolute atomic E-state index is 0.0260. The third kappa shape index (κ3) is 5.94. The van der Waals surface area contributed by atoms with Gasteiger partial charge in [0, 0.05) is 17.3 Å². The van der Waals surface area contributed by atoms with E-state index in [1.54, 1.807) is 11.0 Å². The Morgan fingerprint density at radius 3 is 2.42 bits per heavy atom. The summed E-state index contributed by atoms with van der Waals surface area (Å²) < 4.78 is 38.6. The number of alkyl halides is 3. The van der Waals surface area contributed by atoms with E-state index in [1.165, 1.54) is 23.9 Å². The lowest BCUT2D eigenvalue weighted by atomic mass is 9.87. The molecule has 0 spiro atoms. The number of hydrogen-bond acceptors (Lipinski definition) is 3. The summed E-state index contributed by atoms with van der Waals surface area (Å²) in [6, 6.07) is 5.04. The second-order valence-corrected chi connectivity index (χ2v) is 10.9. The molecule has 1 aromatic rings. The Morgan fingerprint density at radius 1 is 1.09 bits per heavy atom. The van der Waals surface area contributed by atoms with Gasteiger partial charge in [0.25, 0.3) is 5.91 Å². The summed E-state index contributed by atoms with van der Waals surface area (Å²) >= 11 is 1.51. The average molecular weight is 481 g/mol. The predicted octanol–water partition coefficient (Wildman–Crippen LogP) is 5.63. The van der Waals surface area contributed by atoms with Crippen molar-refractivity contribution >= 4 is 29.7 Å². The molecule has 1 N–H and O–H groups in total. The lowest BCUT2D eigenvalue weighted by Crippen LogP contribution is -2.55. The Kier molecular flexibility index (Phi) is 7.41. The highest BCUT2D eigenvalue weighted by atomic mass is 32.2. The Balaban J connectivity index is 1.49. The molecule has 180 valence electrons. The fraction of sp³-hybridized carbons (Fsp3) is 0.600. The highest BCUT2D eigenvalue weighted by Crippen LogP contribution is 2.42. The summed E-state index contributed by atoms with van der Waals surface area (Å²) in [6.45, 7) is 2.27. The van der Waals surface area contributed by atoms with E-state index in [4.69, 9.17) is 0 Å². The first-order chi connectivity index (χ1) is 15.7. The third-order valence-corrected chi connectivity index (χ3v) is 8.45. The predicted molar refractivity (Wildman–Crippen MR) is 124 cm³/mol. The Morgan fingerprint density at radius 2 is 1.76 bits per heavy atom. The monoisotopic (exact) mass is 480 g/mol. The summed E-state index contributed by atoms with van der Waals surface area (Å²) in [5.41, 5.74) is -0.163. The van der Waals surface area contributed by atoms with Gasteiger partial charge >= 0.3 is 6.18 Å². The van der Waals surface area contributed by atoms with E-state index in [2.05, 4.69) is 12.2 Å². The van der Waals surface area contributed by atoms with Crippen molar-refractivity contribution < 1.29 is 22.8 Å². The summed E-state index contributed by atoms with van der Waals surface area (Å²) in [6.07, 6.45) is 5.38. The van der Waals surface area contributed by atoms with Crippen LogP contribution >= 0.6 is 11.8 Å². The Bertz CT molecular complexity index is 892. The van der Waals surface area contributed by atoms with E-state index in [0.717, 1.165) is 63.5 Å². The van der Waals surface area contributed by atoms with E-state index in [9.17, 15) is 22.8 Å². The van der Waals surface area contributed by atoms with Crippen molar-refractivity contribution in [2.45, 2.75) is 81.8 Å². The molecule has 2 atom stereocenters. The Hall–Kier alpha value is -1.96. The van der Waals surface area contributed by atoms with Crippen molar-refractivity contribution in [3.8, 4) is 0 Å². The molecule has 0 radical (unpaired) electrons. The number of carbonyl (C=O) groups is 2. The fourth-order valence-electron chi connectivity index (χ4n) is 5.11. The fourth-order valence-corrected chi connectivity index (χ4v) is 6.59. The number of rotatable bonds is 4. The minimum Gasteiger partial charge on any atom is -0.352 e. The number of amides is 2. The second-order valence-electron chi connectivity index (χ2n) is 9.59. The molecular weight excluding hydrogens is 449 g/mol. The van der Waals surface area contributed by atoms with Crippen molar-refractivity contribution in [3.63, 3.8) is 0 Å². The number of nitrogens with zero attached hydrogens (tertiary/aromatic N) is 1. The second kappa shape index (κ2) is 10.1. The van der Waals surface area contributed by atoms with Gasteiger partial charge in [-0.25, -0.2) is 0 Å². The number of hydrogen-bond donors (Lipinski definition) is 1. The van der Waals surface area contributed by atoms with E-state index in [-0.39, 0.29) is 35.7 Å².